The van der Waals surface area contributed by atoms with Crippen LogP contribution in [0.4, 0.5) is 5.82 Å². The molecule has 7 heteroatoms. The second kappa shape index (κ2) is 6.26. The van der Waals surface area contributed by atoms with Crippen molar-refractivity contribution in [3.8, 4) is 5.75 Å². The molecule has 0 unspecified atom stereocenters. The normalized spacial score (nSPS) is 11.3. The van der Waals surface area contributed by atoms with Crippen LogP contribution in [0.1, 0.15) is 16.7 Å². The maximum Gasteiger partial charge on any atom is 0.263 e. The summed E-state index contributed by atoms with van der Waals surface area (Å²) in [7, 11) is -2.15. The lowest BCUT2D eigenvalue weighted by Gasteiger charge is -2.16. The van der Waals surface area contributed by atoms with Gasteiger partial charge in [0.15, 0.2) is 0 Å². The standard InChI is InChI=1S/C15H17BrN2O3S/c1-9-7-13(21-4)10(2)11(3)15(9)22(19,20)18-14-6-5-12(16)8-17-14/h5-8H,1-4H3,(H,17,18). The topological polar surface area (TPSA) is 68.3 Å². The Bertz CT molecular complexity index is 803. The Kier molecular flexibility index (Phi) is 4.77. The van der Waals surface area contributed by atoms with Crippen molar-refractivity contribution >= 4 is 31.8 Å². The maximum absolute atomic E-state index is 12.7. The molecule has 1 N–H and O–H groups in total. The molecule has 118 valence electrons. The van der Waals surface area contributed by atoms with Crippen LogP contribution in [0.25, 0.3) is 0 Å². The van der Waals surface area contributed by atoms with Crippen LogP contribution < -0.4 is 9.46 Å². The van der Waals surface area contributed by atoms with Crippen molar-refractivity contribution in [2.45, 2.75) is 25.7 Å². The van der Waals surface area contributed by atoms with Gasteiger partial charge in [0, 0.05) is 10.7 Å². The van der Waals surface area contributed by atoms with Crippen molar-refractivity contribution < 1.29 is 13.2 Å². The van der Waals surface area contributed by atoms with E-state index >= 15 is 0 Å². The molecule has 1 heterocycles. The van der Waals surface area contributed by atoms with E-state index < -0.39 is 10.0 Å². The van der Waals surface area contributed by atoms with Gasteiger partial charge in [-0.05, 0) is 71.6 Å². The van der Waals surface area contributed by atoms with Crippen LogP contribution in [0.2, 0.25) is 0 Å². The first kappa shape index (κ1) is 16.8. The molecule has 0 aliphatic heterocycles. The lowest BCUT2D eigenvalue weighted by molar-refractivity contribution is 0.410. The number of methoxy groups -OCH3 is 1. The Hall–Kier alpha value is -1.60. The number of hydrogen-bond acceptors (Lipinski definition) is 4. The van der Waals surface area contributed by atoms with Gasteiger partial charge in [0.2, 0.25) is 0 Å². The maximum atomic E-state index is 12.7. The molecule has 1 aromatic heterocycles. The number of pyridine rings is 1. The highest BCUT2D eigenvalue weighted by atomic mass is 79.9. The van der Waals surface area contributed by atoms with E-state index in [4.69, 9.17) is 4.74 Å². The molecular weight excluding hydrogens is 368 g/mol. The quantitative estimate of drug-likeness (QED) is 0.874. The number of nitrogens with zero attached hydrogens (tertiary/aromatic N) is 1. The zero-order valence-corrected chi connectivity index (χ0v) is 15.2. The Labute approximate surface area is 138 Å². The monoisotopic (exact) mass is 384 g/mol. The third-order valence-corrected chi connectivity index (χ3v) is 5.55. The van der Waals surface area contributed by atoms with Gasteiger partial charge in [-0.3, -0.25) is 4.72 Å². The minimum Gasteiger partial charge on any atom is -0.496 e. The average molecular weight is 385 g/mol. The van der Waals surface area contributed by atoms with Gasteiger partial charge in [0.25, 0.3) is 10.0 Å². The Morgan fingerprint density at radius 1 is 1.18 bits per heavy atom. The van der Waals surface area contributed by atoms with E-state index in [1.807, 2.05) is 6.92 Å². The summed E-state index contributed by atoms with van der Waals surface area (Å²) >= 11 is 3.27. The molecule has 0 bridgehead atoms. The van der Waals surface area contributed by atoms with Crippen LogP contribution in [0.5, 0.6) is 5.75 Å². The number of anilines is 1. The van der Waals surface area contributed by atoms with Gasteiger partial charge < -0.3 is 4.74 Å². The predicted octanol–water partition coefficient (Wildman–Crippen LogP) is 3.58. The van der Waals surface area contributed by atoms with Crippen molar-refractivity contribution in [3.05, 3.63) is 45.6 Å². The Morgan fingerprint density at radius 3 is 2.41 bits per heavy atom. The van der Waals surface area contributed by atoms with Crippen molar-refractivity contribution in [1.82, 2.24) is 4.98 Å². The fourth-order valence-corrected chi connectivity index (χ4v) is 4.04. The van der Waals surface area contributed by atoms with Crippen LogP contribution in [0, 0.1) is 20.8 Å². The molecule has 1 aromatic carbocycles. The summed E-state index contributed by atoms with van der Waals surface area (Å²) in [5.41, 5.74) is 2.10. The van der Waals surface area contributed by atoms with Crippen LogP contribution >= 0.6 is 15.9 Å². The number of hydrogen-bond donors (Lipinski definition) is 1. The van der Waals surface area contributed by atoms with Gasteiger partial charge in [0.1, 0.15) is 11.6 Å². The van der Waals surface area contributed by atoms with E-state index in [-0.39, 0.29) is 10.7 Å². The van der Waals surface area contributed by atoms with Gasteiger partial charge in [-0.1, -0.05) is 0 Å². The van der Waals surface area contributed by atoms with E-state index in [0.29, 0.717) is 16.9 Å². The number of benzene rings is 1. The molecule has 0 radical (unpaired) electrons. The molecule has 0 aliphatic rings. The molecule has 22 heavy (non-hydrogen) atoms. The highest BCUT2D eigenvalue weighted by Crippen LogP contribution is 2.31. The van der Waals surface area contributed by atoms with Crippen molar-refractivity contribution in [2.75, 3.05) is 11.8 Å². The van der Waals surface area contributed by atoms with E-state index in [2.05, 4.69) is 25.6 Å². The average Bonchev–Trinajstić information content (AvgIpc) is 2.45. The summed E-state index contributed by atoms with van der Waals surface area (Å²) in [5, 5.41) is 0. The molecular formula is C15H17BrN2O3S. The lowest BCUT2D eigenvalue weighted by Crippen LogP contribution is -2.17. The second-order valence-electron chi connectivity index (χ2n) is 4.94. The molecule has 0 spiro atoms. The number of aryl methyl sites for hydroxylation is 1. The molecule has 2 aromatic rings. The molecule has 2 rings (SSSR count). The minimum atomic E-state index is -3.72. The van der Waals surface area contributed by atoms with Crippen LogP contribution in [-0.2, 0) is 10.0 Å². The van der Waals surface area contributed by atoms with E-state index in [1.165, 1.54) is 6.20 Å². The van der Waals surface area contributed by atoms with E-state index in [1.54, 1.807) is 39.2 Å². The predicted molar refractivity (Wildman–Crippen MR) is 90.0 cm³/mol. The zero-order valence-electron chi connectivity index (χ0n) is 12.8. The number of sulfonamides is 1. The summed E-state index contributed by atoms with van der Waals surface area (Å²) in [5.74, 6) is 0.950. The third kappa shape index (κ3) is 3.25. The molecule has 0 atom stereocenters. The largest absolute Gasteiger partial charge is 0.496 e. The summed E-state index contributed by atoms with van der Waals surface area (Å²) < 4.78 is 33.9. The van der Waals surface area contributed by atoms with Gasteiger partial charge in [0.05, 0.1) is 12.0 Å². The molecule has 0 amide bonds. The van der Waals surface area contributed by atoms with Crippen molar-refractivity contribution in [3.63, 3.8) is 0 Å². The summed E-state index contributed by atoms with van der Waals surface area (Å²) in [6.07, 6.45) is 1.54. The Balaban J connectivity index is 2.50. The number of aromatic nitrogens is 1. The minimum absolute atomic E-state index is 0.260. The van der Waals surface area contributed by atoms with Crippen LogP contribution in [0.3, 0.4) is 0 Å². The fraction of sp³-hybridized carbons (Fsp3) is 0.267. The van der Waals surface area contributed by atoms with Crippen molar-refractivity contribution in [1.29, 1.82) is 0 Å². The van der Waals surface area contributed by atoms with Gasteiger partial charge in [-0.15, -0.1) is 0 Å². The first-order valence-corrected chi connectivity index (χ1v) is 8.83. The van der Waals surface area contributed by atoms with E-state index in [0.717, 1.165) is 10.0 Å². The third-order valence-electron chi connectivity index (χ3n) is 3.43. The number of halogens is 1. The van der Waals surface area contributed by atoms with Crippen molar-refractivity contribution in [2.24, 2.45) is 0 Å². The Morgan fingerprint density at radius 2 is 1.86 bits per heavy atom. The number of rotatable bonds is 4. The first-order chi connectivity index (χ1) is 10.3. The highest BCUT2D eigenvalue weighted by Gasteiger charge is 2.23. The summed E-state index contributed by atoms with van der Waals surface area (Å²) in [4.78, 5) is 4.30. The molecule has 0 fully saturated rings. The fourth-order valence-electron chi connectivity index (χ4n) is 2.27. The number of nitrogens with one attached hydrogen (secondary N) is 1. The number of ether oxygens (including phenoxy) is 1. The zero-order chi connectivity index (χ0) is 16.5. The van der Waals surface area contributed by atoms with E-state index in [9.17, 15) is 8.42 Å². The first-order valence-electron chi connectivity index (χ1n) is 6.55. The molecule has 5 nitrogen and oxygen atoms in total. The SMILES string of the molecule is COc1cc(C)c(S(=O)(=O)Nc2ccc(Br)cn2)c(C)c1C. The lowest BCUT2D eigenvalue weighted by atomic mass is 10.1. The molecule has 0 saturated carbocycles. The summed E-state index contributed by atoms with van der Waals surface area (Å²) in [6.45, 7) is 5.36. The second-order valence-corrected chi connectivity index (χ2v) is 7.48. The van der Waals surface area contributed by atoms with Gasteiger partial charge in [-0.2, -0.15) is 0 Å². The molecule has 0 aliphatic carbocycles. The van der Waals surface area contributed by atoms with Gasteiger partial charge >= 0.3 is 0 Å². The van der Waals surface area contributed by atoms with Gasteiger partial charge in [-0.25, -0.2) is 13.4 Å². The summed E-state index contributed by atoms with van der Waals surface area (Å²) in [6, 6.07) is 5.05. The molecule has 0 saturated heterocycles. The smallest absolute Gasteiger partial charge is 0.263 e. The highest BCUT2D eigenvalue weighted by molar-refractivity contribution is 9.10. The van der Waals surface area contributed by atoms with Crippen LogP contribution in [-0.4, -0.2) is 20.5 Å². The van der Waals surface area contributed by atoms with Crippen LogP contribution in [0.15, 0.2) is 33.8 Å².